The highest BCUT2D eigenvalue weighted by Gasteiger charge is 2.06. The van der Waals surface area contributed by atoms with Crippen LogP contribution in [-0.2, 0) is 4.79 Å². The first kappa shape index (κ1) is 13.0. The Kier molecular flexibility index (Phi) is 4.47. The van der Waals surface area contributed by atoms with Gasteiger partial charge in [0.05, 0.1) is 0 Å². The van der Waals surface area contributed by atoms with Gasteiger partial charge in [-0.05, 0) is 23.1 Å². The van der Waals surface area contributed by atoms with Crippen LogP contribution >= 0.6 is 0 Å². The minimum absolute atomic E-state index is 0.116. The molecule has 0 aromatic heterocycles. The van der Waals surface area contributed by atoms with E-state index in [1.165, 1.54) is 12.6 Å². The fraction of sp³-hybridized carbons (Fsp3) is 0.286. The number of hydrogen-bond acceptors (Lipinski definition) is 2. The zero-order valence-electron chi connectivity index (χ0n) is 10.3. The van der Waals surface area contributed by atoms with Gasteiger partial charge in [0.1, 0.15) is 11.6 Å². The predicted octanol–water partition coefficient (Wildman–Crippen LogP) is 2.46. The van der Waals surface area contributed by atoms with Crippen LogP contribution in [0.15, 0.2) is 29.8 Å². The molecular weight excluding hydrogens is 212 g/mol. The van der Waals surface area contributed by atoms with E-state index in [9.17, 15) is 4.79 Å². The third-order valence-electron chi connectivity index (χ3n) is 2.51. The molecule has 17 heavy (non-hydrogen) atoms. The molecule has 0 spiro atoms. The van der Waals surface area contributed by atoms with Crippen LogP contribution in [0.4, 0.5) is 0 Å². The smallest absolute Gasteiger partial charge is 0.261 e. The molecule has 1 N–H and O–H groups in total. The van der Waals surface area contributed by atoms with E-state index in [-0.39, 0.29) is 11.5 Å². The van der Waals surface area contributed by atoms with Gasteiger partial charge in [-0.1, -0.05) is 38.1 Å². The number of carbonyl (C=O) groups excluding carboxylic acids is 1. The van der Waals surface area contributed by atoms with Crippen molar-refractivity contribution >= 4 is 12.0 Å². The molecular formula is C14H16N2O. The van der Waals surface area contributed by atoms with Crippen LogP contribution in [0.25, 0.3) is 6.08 Å². The molecule has 3 heteroatoms. The molecule has 88 valence electrons. The normalized spacial score (nSPS) is 11.1. The minimum atomic E-state index is -0.361. The third-order valence-corrected chi connectivity index (χ3v) is 2.51. The Hall–Kier alpha value is -2.08. The number of nitrogens with one attached hydrogen (secondary N) is 1. The van der Waals surface area contributed by atoms with Crippen LogP contribution in [0.5, 0.6) is 0 Å². The van der Waals surface area contributed by atoms with E-state index >= 15 is 0 Å². The summed E-state index contributed by atoms with van der Waals surface area (Å²) in [6.45, 7) is 4.24. The van der Waals surface area contributed by atoms with Crippen LogP contribution in [0.1, 0.15) is 30.9 Å². The zero-order chi connectivity index (χ0) is 12.8. The van der Waals surface area contributed by atoms with Crippen LogP contribution < -0.4 is 5.32 Å². The SMILES string of the molecule is CNC(=O)/C(C#N)=C\c1ccc(C(C)C)cc1. The third kappa shape index (κ3) is 3.46. The van der Waals surface area contributed by atoms with Crippen LogP contribution in [0, 0.1) is 11.3 Å². The number of rotatable bonds is 3. The van der Waals surface area contributed by atoms with Crippen molar-refractivity contribution in [3.63, 3.8) is 0 Å². The second-order valence-electron chi connectivity index (χ2n) is 4.07. The summed E-state index contributed by atoms with van der Waals surface area (Å²) >= 11 is 0. The van der Waals surface area contributed by atoms with E-state index in [2.05, 4.69) is 19.2 Å². The van der Waals surface area contributed by atoms with Crippen molar-refractivity contribution in [1.29, 1.82) is 5.26 Å². The maximum atomic E-state index is 11.3. The lowest BCUT2D eigenvalue weighted by atomic mass is 10.0. The standard InChI is InChI=1S/C14H16N2O/c1-10(2)12-6-4-11(5-7-12)8-13(9-15)14(17)16-3/h4-8,10H,1-3H3,(H,16,17)/b13-8-. The van der Waals surface area contributed by atoms with Gasteiger partial charge in [-0.15, -0.1) is 0 Å². The molecule has 1 aromatic rings. The van der Waals surface area contributed by atoms with Gasteiger partial charge in [0.25, 0.3) is 5.91 Å². The van der Waals surface area contributed by atoms with Gasteiger partial charge in [-0.3, -0.25) is 4.79 Å². The van der Waals surface area contributed by atoms with Gasteiger partial charge >= 0.3 is 0 Å². The zero-order valence-corrected chi connectivity index (χ0v) is 10.3. The molecule has 1 rings (SSSR count). The Morgan fingerprint density at radius 2 is 1.94 bits per heavy atom. The molecule has 0 aliphatic rings. The van der Waals surface area contributed by atoms with Gasteiger partial charge in [-0.25, -0.2) is 0 Å². The van der Waals surface area contributed by atoms with Crippen LogP contribution in [0.3, 0.4) is 0 Å². The molecule has 0 aliphatic carbocycles. The van der Waals surface area contributed by atoms with Gasteiger partial charge in [-0.2, -0.15) is 5.26 Å². The summed E-state index contributed by atoms with van der Waals surface area (Å²) in [7, 11) is 1.51. The van der Waals surface area contributed by atoms with Crippen molar-refractivity contribution in [1.82, 2.24) is 5.32 Å². The van der Waals surface area contributed by atoms with Gasteiger partial charge in [0, 0.05) is 7.05 Å². The summed E-state index contributed by atoms with van der Waals surface area (Å²) in [6.07, 6.45) is 1.59. The molecule has 0 radical (unpaired) electrons. The average molecular weight is 228 g/mol. The summed E-state index contributed by atoms with van der Waals surface area (Å²) in [6, 6.07) is 9.73. The van der Waals surface area contributed by atoms with Gasteiger partial charge in [0.2, 0.25) is 0 Å². The Morgan fingerprint density at radius 1 is 1.35 bits per heavy atom. The van der Waals surface area contributed by atoms with Crippen molar-refractivity contribution in [3.05, 3.63) is 41.0 Å². The van der Waals surface area contributed by atoms with E-state index < -0.39 is 0 Å². The Bertz CT molecular complexity index is 464. The maximum absolute atomic E-state index is 11.3. The summed E-state index contributed by atoms with van der Waals surface area (Å²) in [5.74, 6) is 0.114. The summed E-state index contributed by atoms with van der Waals surface area (Å²) in [5.41, 5.74) is 2.21. The number of nitrogens with zero attached hydrogens (tertiary/aromatic N) is 1. The van der Waals surface area contributed by atoms with Crippen molar-refractivity contribution in [2.24, 2.45) is 0 Å². The predicted molar refractivity (Wildman–Crippen MR) is 68.2 cm³/mol. The molecule has 0 saturated carbocycles. The largest absolute Gasteiger partial charge is 0.354 e. The average Bonchev–Trinajstić information content (AvgIpc) is 2.35. The molecule has 0 atom stereocenters. The molecule has 3 nitrogen and oxygen atoms in total. The lowest BCUT2D eigenvalue weighted by molar-refractivity contribution is -0.116. The molecule has 1 aromatic carbocycles. The highest BCUT2D eigenvalue weighted by atomic mass is 16.1. The number of amides is 1. The van der Waals surface area contributed by atoms with E-state index in [0.717, 1.165) is 5.56 Å². The lowest BCUT2D eigenvalue weighted by Crippen LogP contribution is -2.19. The fourth-order valence-corrected chi connectivity index (χ4v) is 1.43. The maximum Gasteiger partial charge on any atom is 0.261 e. The van der Waals surface area contributed by atoms with Crippen molar-refractivity contribution in [2.45, 2.75) is 19.8 Å². The molecule has 1 amide bonds. The van der Waals surface area contributed by atoms with Crippen LogP contribution in [-0.4, -0.2) is 13.0 Å². The number of hydrogen-bond donors (Lipinski definition) is 1. The monoisotopic (exact) mass is 228 g/mol. The first-order valence-corrected chi connectivity index (χ1v) is 5.52. The minimum Gasteiger partial charge on any atom is -0.354 e. The fourth-order valence-electron chi connectivity index (χ4n) is 1.43. The van der Waals surface area contributed by atoms with Crippen molar-refractivity contribution in [3.8, 4) is 6.07 Å². The molecule has 0 aliphatic heterocycles. The lowest BCUT2D eigenvalue weighted by Gasteiger charge is -2.05. The Morgan fingerprint density at radius 3 is 2.35 bits per heavy atom. The second kappa shape index (κ2) is 5.86. The quantitative estimate of drug-likeness (QED) is 0.638. The van der Waals surface area contributed by atoms with E-state index in [4.69, 9.17) is 5.26 Å². The van der Waals surface area contributed by atoms with Gasteiger partial charge < -0.3 is 5.32 Å². The van der Waals surface area contributed by atoms with E-state index in [0.29, 0.717) is 5.92 Å². The van der Waals surface area contributed by atoms with E-state index in [1.807, 2.05) is 30.3 Å². The molecule has 0 bridgehead atoms. The highest BCUT2D eigenvalue weighted by molar-refractivity contribution is 6.01. The van der Waals surface area contributed by atoms with Gasteiger partial charge in [0.15, 0.2) is 0 Å². The molecule has 0 heterocycles. The number of carbonyl (C=O) groups is 1. The number of nitriles is 1. The van der Waals surface area contributed by atoms with Crippen molar-refractivity contribution in [2.75, 3.05) is 7.05 Å². The highest BCUT2D eigenvalue weighted by Crippen LogP contribution is 2.16. The Labute approximate surface area is 102 Å². The second-order valence-corrected chi connectivity index (χ2v) is 4.07. The van der Waals surface area contributed by atoms with E-state index in [1.54, 1.807) is 6.08 Å². The molecule has 0 unspecified atom stereocenters. The van der Waals surface area contributed by atoms with Crippen LogP contribution in [0.2, 0.25) is 0 Å². The molecule has 0 fully saturated rings. The summed E-state index contributed by atoms with van der Waals surface area (Å²) < 4.78 is 0. The van der Waals surface area contributed by atoms with Crippen molar-refractivity contribution < 1.29 is 4.79 Å². The Balaban J connectivity index is 2.98. The number of benzene rings is 1. The summed E-state index contributed by atoms with van der Waals surface area (Å²) in [4.78, 5) is 11.3. The molecule has 0 saturated heterocycles. The summed E-state index contributed by atoms with van der Waals surface area (Å²) in [5, 5.41) is 11.3. The first-order chi connectivity index (χ1) is 8.08. The number of likely N-dealkylation sites (N-methyl/N-ethyl adjacent to an activating group) is 1. The first-order valence-electron chi connectivity index (χ1n) is 5.52. The topological polar surface area (TPSA) is 52.9 Å².